The molecule has 0 spiro atoms. The molecule has 0 aromatic carbocycles. The molecule has 250 valence electrons. The van der Waals surface area contributed by atoms with Gasteiger partial charge in [-0.1, -0.05) is 181 Å². The second-order valence-corrected chi connectivity index (χ2v) is 12.7. The number of aliphatic hydroxyl groups is 1. The number of esters is 2. The minimum atomic E-state index is -0.759. The highest BCUT2D eigenvalue weighted by Crippen LogP contribution is 2.15. The van der Waals surface area contributed by atoms with E-state index in [2.05, 4.69) is 13.8 Å². The van der Waals surface area contributed by atoms with E-state index in [0.717, 1.165) is 32.1 Å². The van der Waals surface area contributed by atoms with E-state index in [-0.39, 0.29) is 25.2 Å². The van der Waals surface area contributed by atoms with Crippen molar-refractivity contribution in [2.75, 3.05) is 13.2 Å². The summed E-state index contributed by atoms with van der Waals surface area (Å²) in [5, 5.41) is 9.47. The van der Waals surface area contributed by atoms with Crippen LogP contribution in [0.25, 0.3) is 0 Å². The van der Waals surface area contributed by atoms with Gasteiger partial charge in [0.25, 0.3) is 0 Å². The molecule has 0 aromatic heterocycles. The van der Waals surface area contributed by atoms with Crippen LogP contribution in [0.15, 0.2) is 0 Å². The molecule has 5 nitrogen and oxygen atoms in total. The minimum absolute atomic E-state index is 0.0582. The molecule has 0 aliphatic rings. The molecular formula is C37H72O5. The van der Waals surface area contributed by atoms with E-state index in [1.165, 1.54) is 148 Å². The second-order valence-electron chi connectivity index (χ2n) is 12.7. The van der Waals surface area contributed by atoms with Gasteiger partial charge in [0, 0.05) is 12.8 Å². The van der Waals surface area contributed by atoms with Crippen molar-refractivity contribution in [1.29, 1.82) is 0 Å². The van der Waals surface area contributed by atoms with Crippen molar-refractivity contribution in [2.45, 2.75) is 213 Å². The number of ether oxygens (including phenoxy) is 2. The highest BCUT2D eigenvalue weighted by molar-refractivity contribution is 5.70. The number of hydrogen-bond acceptors (Lipinski definition) is 5. The van der Waals surface area contributed by atoms with Gasteiger partial charge in [0.15, 0.2) is 6.10 Å². The Bertz CT molecular complexity index is 564. The summed E-state index contributed by atoms with van der Waals surface area (Å²) in [5.41, 5.74) is 0. The van der Waals surface area contributed by atoms with Crippen LogP contribution in [0.5, 0.6) is 0 Å². The van der Waals surface area contributed by atoms with Crippen LogP contribution in [-0.2, 0) is 19.1 Å². The number of aliphatic hydroxyl groups excluding tert-OH is 1. The summed E-state index contributed by atoms with van der Waals surface area (Å²) >= 11 is 0. The largest absolute Gasteiger partial charge is 0.462 e. The van der Waals surface area contributed by atoms with Crippen molar-refractivity contribution in [3.8, 4) is 0 Å². The molecule has 42 heavy (non-hydrogen) atoms. The Balaban J connectivity index is 3.41. The fourth-order valence-corrected chi connectivity index (χ4v) is 5.55. The third-order valence-corrected chi connectivity index (χ3v) is 8.40. The van der Waals surface area contributed by atoms with Gasteiger partial charge in [0.05, 0.1) is 6.61 Å². The van der Waals surface area contributed by atoms with Crippen molar-refractivity contribution in [2.24, 2.45) is 0 Å². The summed E-state index contributed by atoms with van der Waals surface area (Å²) in [6, 6.07) is 0. The van der Waals surface area contributed by atoms with Crippen molar-refractivity contribution in [3.63, 3.8) is 0 Å². The maximum Gasteiger partial charge on any atom is 0.306 e. The Hall–Kier alpha value is -1.10. The first kappa shape index (κ1) is 40.9. The smallest absolute Gasteiger partial charge is 0.306 e. The molecular weight excluding hydrogens is 524 g/mol. The van der Waals surface area contributed by atoms with Crippen molar-refractivity contribution in [1.82, 2.24) is 0 Å². The predicted octanol–water partition coefficient (Wildman–Crippen LogP) is 11.2. The molecule has 0 radical (unpaired) electrons. The van der Waals surface area contributed by atoms with Gasteiger partial charge >= 0.3 is 11.9 Å². The molecule has 0 fully saturated rings. The minimum Gasteiger partial charge on any atom is -0.462 e. The molecule has 0 bridgehead atoms. The van der Waals surface area contributed by atoms with Crippen LogP contribution < -0.4 is 0 Å². The molecule has 0 unspecified atom stereocenters. The zero-order valence-corrected chi connectivity index (χ0v) is 28.3. The molecule has 0 saturated heterocycles. The standard InChI is InChI=1S/C37H72O5/c1-3-5-7-9-11-12-13-14-15-16-17-18-19-20-21-22-23-24-26-27-29-31-36(39)41-34-35(33-38)42-37(40)32-30-28-25-10-8-6-4-2/h35,38H,3-34H2,1-2H3/t35-/m0/s1. The van der Waals surface area contributed by atoms with Crippen LogP contribution in [0.1, 0.15) is 206 Å². The summed E-state index contributed by atoms with van der Waals surface area (Å²) in [6.07, 6.45) is 36.1. The molecule has 5 heteroatoms. The van der Waals surface area contributed by atoms with E-state index in [1.54, 1.807) is 0 Å². The average molecular weight is 597 g/mol. The lowest BCUT2D eigenvalue weighted by Gasteiger charge is -2.15. The van der Waals surface area contributed by atoms with Gasteiger partial charge in [0.2, 0.25) is 0 Å². The first-order valence-corrected chi connectivity index (χ1v) is 18.6. The lowest BCUT2D eigenvalue weighted by Crippen LogP contribution is -2.28. The summed E-state index contributed by atoms with van der Waals surface area (Å²) in [6.45, 7) is 4.11. The van der Waals surface area contributed by atoms with Gasteiger partial charge in [-0.15, -0.1) is 0 Å². The number of carbonyl (C=O) groups is 2. The van der Waals surface area contributed by atoms with E-state index >= 15 is 0 Å². The van der Waals surface area contributed by atoms with E-state index in [4.69, 9.17) is 9.47 Å². The highest BCUT2D eigenvalue weighted by Gasteiger charge is 2.16. The molecule has 0 amide bonds. The number of carbonyl (C=O) groups excluding carboxylic acids is 2. The van der Waals surface area contributed by atoms with Crippen molar-refractivity contribution >= 4 is 11.9 Å². The SMILES string of the molecule is CCCCCCCCCCCCCCCCCCCCCCCC(=O)OC[C@H](CO)OC(=O)CCCCCCCCC. The first-order valence-electron chi connectivity index (χ1n) is 18.6. The van der Waals surface area contributed by atoms with Crippen LogP contribution in [0.2, 0.25) is 0 Å². The molecule has 1 atom stereocenters. The van der Waals surface area contributed by atoms with E-state index in [0.29, 0.717) is 12.8 Å². The summed E-state index contributed by atoms with van der Waals surface area (Å²) in [5.74, 6) is -0.586. The van der Waals surface area contributed by atoms with Gasteiger partial charge < -0.3 is 14.6 Å². The molecule has 0 aromatic rings. The molecule has 0 rings (SSSR count). The van der Waals surface area contributed by atoms with E-state index in [9.17, 15) is 14.7 Å². The van der Waals surface area contributed by atoms with Crippen LogP contribution in [0.4, 0.5) is 0 Å². The van der Waals surface area contributed by atoms with Gasteiger partial charge in [-0.2, -0.15) is 0 Å². The van der Waals surface area contributed by atoms with Gasteiger partial charge in [-0.3, -0.25) is 9.59 Å². The molecule has 0 aliphatic heterocycles. The Morgan fingerprint density at radius 3 is 1.05 bits per heavy atom. The number of unbranched alkanes of at least 4 members (excludes halogenated alkanes) is 26. The van der Waals surface area contributed by atoms with Crippen LogP contribution in [0, 0.1) is 0 Å². The molecule has 0 aliphatic carbocycles. The number of hydrogen-bond donors (Lipinski definition) is 1. The van der Waals surface area contributed by atoms with Crippen LogP contribution in [-0.4, -0.2) is 36.4 Å². The maximum absolute atomic E-state index is 12.0. The summed E-state index contributed by atoms with van der Waals surface area (Å²) < 4.78 is 10.5. The fraction of sp³-hybridized carbons (Fsp3) is 0.946. The lowest BCUT2D eigenvalue weighted by molar-refractivity contribution is -0.161. The summed E-state index contributed by atoms with van der Waals surface area (Å²) in [4.78, 5) is 24.0. The van der Waals surface area contributed by atoms with Crippen molar-refractivity contribution in [3.05, 3.63) is 0 Å². The van der Waals surface area contributed by atoms with Crippen LogP contribution >= 0.6 is 0 Å². The van der Waals surface area contributed by atoms with E-state index in [1.807, 2.05) is 0 Å². The number of rotatable bonds is 34. The maximum atomic E-state index is 12.0. The zero-order chi connectivity index (χ0) is 30.8. The predicted molar refractivity (Wildman–Crippen MR) is 178 cm³/mol. The van der Waals surface area contributed by atoms with Crippen LogP contribution in [0.3, 0.4) is 0 Å². The Labute approximate surface area is 261 Å². The molecule has 0 heterocycles. The van der Waals surface area contributed by atoms with E-state index < -0.39 is 6.10 Å². The summed E-state index contributed by atoms with van der Waals surface area (Å²) in [7, 11) is 0. The monoisotopic (exact) mass is 597 g/mol. The average Bonchev–Trinajstić information content (AvgIpc) is 2.99. The fourth-order valence-electron chi connectivity index (χ4n) is 5.55. The van der Waals surface area contributed by atoms with Gasteiger partial charge in [-0.25, -0.2) is 0 Å². The second kappa shape index (κ2) is 34.4. The quantitative estimate of drug-likeness (QED) is 0.0591. The Morgan fingerprint density at radius 1 is 0.452 bits per heavy atom. The Kier molecular flexibility index (Phi) is 33.5. The topological polar surface area (TPSA) is 72.8 Å². The lowest BCUT2D eigenvalue weighted by atomic mass is 10.0. The van der Waals surface area contributed by atoms with Crippen molar-refractivity contribution < 1.29 is 24.2 Å². The third-order valence-electron chi connectivity index (χ3n) is 8.40. The third kappa shape index (κ3) is 31.8. The van der Waals surface area contributed by atoms with Gasteiger partial charge in [-0.05, 0) is 12.8 Å². The Morgan fingerprint density at radius 2 is 0.738 bits per heavy atom. The normalized spacial score (nSPS) is 12.0. The highest BCUT2D eigenvalue weighted by atomic mass is 16.6. The zero-order valence-electron chi connectivity index (χ0n) is 28.3. The molecule has 0 saturated carbocycles. The van der Waals surface area contributed by atoms with Gasteiger partial charge in [0.1, 0.15) is 6.61 Å². The molecule has 1 N–H and O–H groups in total. The first-order chi connectivity index (χ1) is 20.6.